The van der Waals surface area contributed by atoms with Crippen LogP contribution in [0.1, 0.15) is 5.48 Å². The zero-order chi connectivity index (χ0) is 42.6. The lowest BCUT2D eigenvalue weighted by Gasteiger charge is -2.27. The third kappa shape index (κ3) is 6.30. The molecule has 0 amide bonds. The van der Waals surface area contributed by atoms with Crippen LogP contribution in [0.4, 0.5) is 17.1 Å². The number of rotatable bonds is 7. The molecule has 11 rings (SSSR count). The quantitative estimate of drug-likeness (QED) is 0.147. The Hall–Kier alpha value is -7.74. The molecule has 276 valence electrons. The second-order valence-electron chi connectivity index (χ2n) is 15.0. The fourth-order valence-electron chi connectivity index (χ4n) is 8.67. The number of nitrogens with zero attached hydrogens (tertiary/aromatic N) is 1. The molecule has 0 bridgehead atoms. The maximum Gasteiger partial charge on any atom is 0.0645 e. The number of benzene rings is 11. The topological polar surface area (TPSA) is 3.24 Å². The van der Waals surface area contributed by atoms with Gasteiger partial charge in [-0.15, -0.1) is 0 Å². The molecule has 0 saturated heterocycles. The highest BCUT2D eigenvalue weighted by Gasteiger charge is 2.17. The van der Waals surface area contributed by atoms with Crippen molar-refractivity contribution < 1.29 is 5.48 Å². The van der Waals surface area contributed by atoms with Crippen molar-refractivity contribution in [1.82, 2.24) is 0 Å². The largest absolute Gasteiger partial charge is 0.310 e. The van der Waals surface area contributed by atoms with Crippen molar-refractivity contribution >= 4 is 60.2 Å². The zero-order valence-corrected chi connectivity index (χ0v) is 32.2. The first kappa shape index (κ1) is 30.4. The predicted molar refractivity (Wildman–Crippen MR) is 253 cm³/mol. The van der Waals surface area contributed by atoms with Gasteiger partial charge in [-0.25, -0.2) is 0 Å². The summed E-state index contributed by atoms with van der Waals surface area (Å²) in [7, 11) is 0. The molecule has 0 aliphatic heterocycles. The average molecular weight is 754 g/mol. The van der Waals surface area contributed by atoms with E-state index in [1.165, 1.54) is 10.8 Å². The number of hydrogen-bond acceptors (Lipinski definition) is 1. The van der Waals surface area contributed by atoms with Gasteiger partial charge in [-0.05, 0) is 142 Å². The lowest BCUT2D eigenvalue weighted by atomic mass is 9.92. The normalized spacial score (nSPS) is 12.3. The second-order valence-corrected chi connectivity index (χ2v) is 15.0. The molecule has 0 aromatic heterocycles. The molecular formula is C58H39N. The van der Waals surface area contributed by atoms with Gasteiger partial charge in [0.05, 0.1) is 5.48 Å². The summed E-state index contributed by atoms with van der Waals surface area (Å²) >= 11 is 0. The summed E-state index contributed by atoms with van der Waals surface area (Å²) in [5, 5.41) is 9.21. The first-order valence-electron chi connectivity index (χ1n) is 22.0. The van der Waals surface area contributed by atoms with Crippen molar-refractivity contribution in [2.75, 3.05) is 4.90 Å². The van der Waals surface area contributed by atoms with E-state index in [1.54, 1.807) is 0 Å². The first-order chi connectivity index (χ1) is 30.9. The van der Waals surface area contributed by atoms with Crippen molar-refractivity contribution in [3.63, 3.8) is 0 Å². The molecule has 1 heteroatoms. The van der Waals surface area contributed by atoms with Crippen LogP contribution >= 0.6 is 0 Å². The molecule has 1 nitrogen and oxygen atoms in total. The summed E-state index contributed by atoms with van der Waals surface area (Å²) < 4.78 is 38.7. The van der Waals surface area contributed by atoms with Gasteiger partial charge in [0.15, 0.2) is 0 Å². The molecule has 11 aromatic carbocycles. The average Bonchev–Trinajstić information content (AvgIpc) is 3.34. The molecule has 0 aliphatic carbocycles. The predicted octanol–water partition coefficient (Wildman–Crippen LogP) is 16.4. The van der Waals surface area contributed by atoms with Crippen LogP contribution in [0.5, 0.6) is 0 Å². The van der Waals surface area contributed by atoms with Crippen LogP contribution in [-0.2, 0) is 0 Å². The highest BCUT2D eigenvalue weighted by Crippen LogP contribution is 2.43. The SMILES string of the molecule is [2H]c1c([2H])c(N(c2cccc(-c3cc4ccccc4c4ccccc34)c2)c2cccc(-c3cc4ccccc4c4ccccc34)c2)c([2H])c([2H])c1-c1cccc(-c2ccccc2)c1. The smallest absolute Gasteiger partial charge is 0.0645 e. The van der Waals surface area contributed by atoms with E-state index in [1.807, 2.05) is 83.8 Å². The molecular weight excluding hydrogens is 711 g/mol. The van der Waals surface area contributed by atoms with E-state index >= 15 is 0 Å². The Morgan fingerprint density at radius 3 is 1.20 bits per heavy atom. The molecule has 0 spiro atoms. The Balaban J connectivity index is 1.14. The fourth-order valence-corrected chi connectivity index (χ4v) is 8.67. The van der Waals surface area contributed by atoms with Crippen LogP contribution in [0, 0.1) is 0 Å². The van der Waals surface area contributed by atoms with Gasteiger partial charge in [0.1, 0.15) is 0 Å². The third-order valence-corrected chi connectivity index (χ3v) is 11.5. The van der Waals surface area contributed by atoms with E-state index in [9.17, 15) is 5.48 Å². The van der Waals surface area contributed by atoms with Crippen LogP contribution in [0.25, 0.3) is 87.6 Å². The molecule has 0 saturated carbocycles. The summed E-state index contributed by atoms with van der Waals surface area (Å²) in [5.41, 5.74) is 8.51. The van der Waals surface area contributed by atoms with Gasteiger partial charge in [0.2, 0.25) is 0 Å². The summed E-state index contributed by atoms with van der Waals surface area (Å²) in [6.07, 6.45) is 0. The van der Waals surface area contributed by atoms with Gasteiger partial charge in [-0.2, -0.15) is 0 Å². The Kier molecular flexibility index (Phi) is 7.55. The van der Waals surface area contributed by atoms with Gasteiger partial charge in [0, 0.05) is 17.1 Å². The minimum atomic E-state index is -0.126. The van der Waals surface area contributed by atoms with Crippen molar-refractivity contribution in [1.29, 1.82) is 0 Å². The van der Waals surface area contributed by atoms with E-state index in [0.29, 0.717) is 16.9 Å². The second kappa shape index (κ2) is 14.6. The third-order valence-electron chi connectivity index (χ3n) is 11.5. The van der Waals surface area contributed by atoms with Gasteiger partial charge in [0.25, 0.3) is 0 Å². The highest BCUT2D eigenvalue weighted by atomic mass is 15.1. The van der Waals surface area contributed by atoms with E-state index in [4.69, 9.17) is 0 Å². The molecule has 0 fully saturated rings. The lowest BCUT2D eigenvalue weighted by molar-refractivity contribution is 1.28. The zero-order valence-electron chi connectivity index (χ0n) is 36.2. The maximum absolute atomic E-state index is 9.77. The lowest BCUT2D eigenvalue weighted by Crippen LogP contribution is -2.10. The summed E-state index contributed by atoms with van der Waals surface area (Å²) in [6, 6.07) is 72.0. The van der Waals surface area contributed by atoms with Crippen molar-refractivity contribution in [3.05, 3.63) is 236 Å². The molecule has 0 unspecified atom stereocenters. The molecule has 0 heterocycles. The van der Waals surface area contributed by atoms with Crippen LogP contribution < -0.4 is 4.90 Å². The van der Waals surface area contributed by atoms with Crippen LogP contribution in [0.15, 0.2) is 236 Å². The molecule has 0 radical (unpaired) electrons. The Labute approximate surface area is 350 Å². The van der Waals surface area contributed by atoms with E-state index < -0.39 is 0 Å². The summed E-state index contributed by atoms with van der Waals surface area (Å²) in [5.74, 6) is 0. The van der Waals surface area contributed by atoms with Crippen LogP contribution in [-0.4, -0.2) is 0 Å². The first-order valence-corrected chi connectivity index (χ1v) is 20.0. The Morgan fingerprint density at radius 2 is 0.661 bits per heavy atom. The molecule has 0 atom stereocenters. The minimum absolute atomic E-state index is 0.102. The van der Waals surface area contributed by atoms with Gasteiger partial charge >= 0.3 is 0 Å². The number of fused-ring (bicyclic) bond motifs is 6. The summed E-state index contributed by atoms with van der Waals surface area (Å²) in [6.45, 7) is 0. The Bertz CT molecular complexity index is 3390. The van der Waals surface area contributed by atoms with Crippen LogP contribution in [0.3, 0.4) is 0 Å². The van der Waals surface area contributed by atoms with Crippen molar-refractivity contribution in [2.45, 2.75) is 0 Å². The van der Waals surface area contributed by atoms with Crippen LogP contribution in [0.2, 0.25) is 0 Å². The molecule has 11 aromatic rings. The molecule has 0 aliphatic rings. The summed E-state index contributed by atoms with van der Waals surface area (Å²) in [4.78, 5) is 1.91. The van der Waals surface area contributed by atoms with Crippen molar-refractivity contribution in [2.24, 2.45) is 0 Å². The monoisotopic (exact) mass is 753 g/mol. The maximum atomic E-state index is 9.77. The van der Waals surface area contributed by atoms with E-state index in [-0.39, 0.29) is 35.4 Å². The Morgan fingerprint density at radius 1 is 0.254 bits per heavy atom. The standard InChI is InChI=1S/C58H39N/c1-2-15-40(16-3-1)42-19-12-20-43(35-42)41-31-33-48(34-32-41)59(49-23-13-21-44(36-49)57-38-46-17-4-6-25-51(46)53-27-8-10-29-55(53)57)50-24-14-22-45(37-50)58-39-47-18-5-7-26-52(47)54-28-9-11-30-56(54)58/h1-39H/i31D,32D,33D,34D. The van der Waals surface area contributed by atoms with E-state index in [2.05, 4.69) is 133 Å². The van der Waals surface area contributed by atoms with Gasteiger partial charge < -0.3 is 4.90 Å². The number of hydrogen-bond donors (Lipinski definition) is 0. The number of anilines is 3. The fraction of sp³-hybridized carbons (Fsp3) is 0. The molecule has 0 N–H and O–H groups in total. The van der Waals surface area contributed by atoms with Gasteiger partial charge in [-0.1, -0.05) is 182 Å². The molecule has 59 heavy (non-hydrogen) atoms. The van der Waals surface area contributed by atoms with Crippen molar-refractivity contribution in [3.8, 4) is 44.5 Å². The van der Waals surface area contributed by atoms with E-state index in [0.717, 1.165) is 65.7 Å². The highest BCUT2D eigenvalue weighted by molar-refractivity contribution is 6.15. The minimum Gasteiger partial charge on any atom is -0.310 e. The van der Waals surface area contributed by atoms with Gasteiger partial charge in [-0.3, -0.25) is 0 Å².